The fraction of sp³-hybridized carbons (Fsp3) is 0.353. The quantitative estimate of drug-likeness (QED) is 0.445. The molecule has 0 aromatic carbocycles. The van der Waals surface area contributed by atoms with Gasteiger partial charge in [0.1, 0.15) is 11.5 Å². The van der Waals surface area contributed by atoms with E-state index < -0.39 is 5.97 Å². The van der Waals surface area contributed by atoms with Crippen molar-refractivity contribution in [3.05, 3.63) is 46.5 Å². The highest BCUT2D eigenvalue weighted by Gasteiger charge is 2.20. The zero-order valence-corrected chi connectivity index (χ0v) is 14.3. The summed E-state index contributed by atoms with van der Waals surface area (Å²) in [5, 5.41) is 48.4. The standard InChI is InChI=1S/C17H21N3O6/c1-10-17(26)14(12(9-22)3-19-10)6-20(7-16(24)25)5-13-11(8-21)2-18-4-15(13)23/h2-4,21-23,26H,5-9H2,1H3,(H,24,25). The lowest BCUT2D eigenvalue weighted by Crippen LogP contribution is -2.30. The molecule has 0 aliphatic rings. The molecule has 0 amide bonds. The average molecular weight is 363 g/mol. The molecule has 0 atom stereocenters. The Hall–Kier alpha value is -2.75. The van der Waals surface area contributed by atoms with Crippen molar-refractivity contribution >= 4 is 5.97 Å². The Bertz CT molecular complexity index is 796. The summed E-state index contributed by atoms with van der Waals surface area (Å²) < 4.78 is 0. The number of nitrogens with zero attached hydrogens (tertiary/aromatic N) is 3. The van der Waals surface area contributed by atoms with Crippen LogP contribution in [-0.2, 0) is 31.1 Å². The van der Waals surface area contributed by atoms with Gasteiger partial charge in [-0.3, -0.25) is 19.7 Å². The van der Waals surface area contributed by atoms with Crippen LogP contribution in [0, 0.1) is 6.92 Å². The van der Waals surface area contributed by atoms with E-state index in [2.05, 4.69) is 9.97 Å². The molecule has 2 aromatic heterocycles. The second kappa shape index (κ2) is 8.56. The molecular weight excluding hydrogens is 342 g/mol. The first-order chi connectivity index (χ1) is 12.4. The number of aryl methyl sites for hydroxylation is 1. The Morgan fingerprint density at radius 1 is 1.04 bits per heavy atom. The van der Waals surface area contributed by atoms with Gasteiger partial charge in [0.25, 0.3) is 0 Å². The molecule has 26 heavy (non-hydrogen) atoms. The number of carbonyl (C=O) groups is 1. The molecule has 0 saturated carbocycles. The molecule has 5 N–H and O–H groups in total. The van der Waals surface area contributed by atoms with E-state index in [0.717, 1.165) is 0 Å². The molecule has 9 heteroatoms. The van der Waals surface area contributed by atoms with Crippen LogP contribution < -0.4 is 0 Å². The van der Waals surface area contributed by atoms with E-state index >= 15 is 0 Å². The number of aliphatic carboxylic acids is 1. The van der Waals surface area contributed by atoms with Gasteiger partial charge in [0, 0.05) is 47.7 Å². The van der Waals surface area contributed by atoms with Crippen molar-refractivity contribution in [2.45, 2.75) is 33.2 Å². The first kappa shape index (κ1) is 19.6. The summed E-state index contributed by atoms with van der Waals surface area (Å²) >= 11 is 0. The smallest absolute Gasteiger partial charge is 0.317 e. The van der Waals surface area contributed by atoms with E-state index in [0.29, 0.717) is 27.9 Å². The molecule has 0 aliphatic heterocycles. The van der Waals surface area contributed by atoms with Gasteiger partial charge in [-0.2, -0.15) is 0 Å². The number of hydrogen-bond acceptors (Lipinski definition) is 8. The molecule has 0 spiro atoms. The van der Waals surface area contributed by atoms with Crippen LogP contribution >= 0.6 is 0 Å². The summed E-state index contributed by atoms with van der Waals surface area (Å²) in [5.74, 6) is -1.38. The van der Waals surface area contributed by atoms with E-state index in [9.17, 15) is 30.3 Å². The first-order valence-electron chi connectivity index (χ1n) is 7.84. The van der Waals surface area contributed by atoms with Crippen molar-refractivity contribution in [2.24, 2.45) is 0 Å². The number of aliphatic hydroxyl groups excluding tert-OH is 2. The van der Waals surface area contributed by atoms with Gasteiger partial charge in [0.15, 0.2) is 0 Å². The van der Waals surface area contributed by atoms with Gasteiger partial charge >= 0.3 is 5.97 Å². The third-order valence-electron chi connectivity index (χ3n) is 4.02. The molecule has 2 aromatic rings. The Kier molecular flexibility index (Phi) is 6.45. The second-order valence-corrected chi connectivity index (χ2v) is 5.85. The maximum Gasteiger partial charge on any atom is 0.317 e. The molecule has 0 bridgehead atoms. The van der Waals surface area contributed by atoms with Gasteiger partial charge in [0.05, 0.1) is 31.6 Å². The highest BCUT2D eigenvalue weighted by atomic mass is 16.4. The Balaban J connectivity index is 2.39. The van der Waals surface area contributed by atoms with Gasteiger partial charge in [0.2, 0.25) is 0 Å². The van der Waals surface area contributed by atoms with E-state index in [1.807, 2.05) is 0 Å². The van der Waals surface area contributed by atoms with Crippen LogP contribution in [0.5, 0.6) is 11.5 Å². The Morgan fingerprint density at radius 3 is 2.27 bits per heavy atom. The van der Waals surface area contributed by atoms with Crippen molar-refractivity contribution in [3.63, 3.8) is 0 Å². The third kappa shape index (κ3) is 4.45. The summed E-state index contributed by atoms with van der Waals surface area (Å²) in [5.41, 5.74) is 1.82. The largest absolute Gasteiger partial charge is 0.506 e. The lowest BCUT2D eigenvalue weighted by molar-refractivity contribution is -0.138. The molecule has 9 nitrogen and oxygen atoms in total. The van der Waals surface area contributed by atoms with E-state index in [1.165, 1.54) is 23.5 Å². The zero-order valence-electron chi connectivity index (χ0n) is 14.3. The van der Waals surface area contributed by atoms with Gasteiger partial charge in [-0.25, -0.2) is 0 Å². The van der Waals surface area contributed by atoms with Crippen LogP contribution in [0.15, 0.2) is 18.6 Å². The number of rotatable bonds is 8. The minimum atomic E-state index is -1.10. The highest BCUT2D eigenvalue weighted by molar-refractivity contribution is 5.69. The fourth-order valence-electron chi connectivity index (χ4n) is 2.64. The first-order valence-corrected chi connectivity index (χ1v) is 7.84. The Labute approximate surface area is 149 Å². The fourth-order valence-corrected chi connectivity index (χ4v) is 2.64. The molecule has 0 fully saturated rings. The SMILES string of the molecule is Cc1ncc(CO)c(CN(CC(=O)O)Cc2c(O)cncc2CO)c1O. The van der Waals surface area contributed by atoms with Gasteiger partial charge in [-0.1, -0.05) is 0 Å². The summed E-state index contributed by atoms with van der Waals surface area (Å²) in [6.07, 6.45) is 4.02. The predicted molar refractivity (Wildman–Crippen MR) is 90.1 cm³/mol. The average Bonchev–Trinajstić information content (AvgIpc) is 2.60. The van der Waals surface area contributed by atoms with Gasteiger partial charge in [-0.05, 0) is 6.92 Å². The van der Waals surface area contributed by atoms with E-state index in [-0.39, 0.29) is 44.3 Å². The maximum absolute atomic E-state index is 11.2. The zero-order chi connectivity index (χ0) is 19.3. The number of hydrogen-bond donors (Lipinski definition) is 5. The predicted octanol–water partition coefficient (Wildman–Crippen LogP) is 0.268. The summed E-state index contributed by atoms with van der Waals surface area (Å²) in [6.45, 7) is 0.503. The topological polar surface area (TPSA) is 147 Å². The van der Waals surface area contributed by atoms with Crippen LogP contribution in [0.25, 0.3) is 0 Å². The molecule has 140 valence electrons. The maximum atomic E-state index is 11.2. The minimum absolute atomic E-state index is 0.00221. The van der Waals surface area contributed by atoms with E-state index in [1.54, 1.807) is 6.92 Å². The highest BCUT2D eigenvalue weighted by Crippen LogP contribution is 2.28. The lowest BCUT2D eigenvalue weighted by atomic mass is 10.1. The van der Waals surface area contributed by atoms with Crippen molar-refractivity contribution < 1.29 is 30.3 Å². The molecule has 0 saturated heterocycles. The lowest BCUT2D eigenvalue weighted by Gasteiger charge is -2.24. The summed E-state index contributed by atoms with van der Waals surface area (Å²) in [4.78, 5) is 20.5. The van der Waals surface area contributed by atoms with Crippen LogP contribution in [0.4, 0.5) is 0 Å². The van der Waals surface area contributed by atoms with Crippen molar-refractivity contribution in [2.75, 3.05) is 6.54 Å². The molecule has 2 heterocycles. The molecule has 2 rings (SSSR count). The Morgan fingerprint density at radius 2 is 1.65 bits per heavy atom. The number of carboxylic acid groups (broad SMARTS) is 1. The monoisotopic (exact) mass is 363 g/mol. The second-order valence-electron chi connectivity index (χ2n) is 5.85. The van der Waals surface area contributed by atoms with Crippen LogP contribution in [0.2, 0.25) is 0 Å². The number of aromatic hydroxyl groups is 2. The number of aromatic nitrogens is 2. The van der Waals surface area contributed by atoms with Crippen LogP contribution in [0.1, 0.15) is 27.9 Å². The summed E-state index contributed by atoms with van der Waals surface area (Å²) in [6, 6.07) is 0. The van der Waals surface area contributed by atoms with Crippen molar-refractivity contribution in [3.8, 4) is 11.5 Å². The van der Waals surface area contributed by atoms with Crippen LogP contribution in [-0.4, -0.2) is 52.9 Å². The molecular formula is C17H21N3O6. The molecule has 0 unspecified atom stereocenters. The van der Waals surface area contributed by atoms with E-state index in [4.69, 9.17) is 0 Å². The minimum Gasteiger partial charge on any atom is -0.506 e. The number of carboxylic acids is 1. The van der Waals surface area contributed by atoms with Crippen molar-refractivity contribution in [1.29, 1.82) is 0 Å². The number of pyridine rings is 2. The van der Waals surface area contributed by atoms with Crippen molar-refractivity contribution in [1.82, 2.24) is 14.9 Å². The third-order valence-corrected chi connectivity index (χ3v) is 4.02. The summed E-state index contributed by atoms with van der Waals surface area (Å²) in [7, 11) is 0. The molecule has 0 radical (unpaired) electrons. The van der Waals surface area contributed by atoms with Gasteiger partial charge in [-0.15, -0.1) is 0 Å². The molecule has 0 aliphatic carbocycles. The van der Waals surface area contributed by atoms with Crippen LogP contribution in [0.3, 0.4) is 0 Å². The number of aliphatic hydroxyl groups is 2. The van der Waals surface area contributed by atoms with Gasteiger partial charge < -0.3 is 25.5 Å². The normalized spacial score (nSPS) is 11.1.